The van der Waals surface area contributed by atoms with E-state index in [0.717, 1.165) is 17.8 Å². The predicted molar refractivity (Wildman–Crippen MR) is 94.2 cm³/mol. The summed E-state index contributed by atoms with van der Waals surface area (Å²) in [7, 11) is 0. The highest BCUT2D eigenvalue weighted by molar-refractivity contribution is 14.1. The monoisotopic (exact) mass is 448 g/mol. The van der Waals surface area contributed by atoms with Gasteiger partial charge in [-0.2, -0.15) is 13.2 Å². The van der Waals surface area contributed by atoms with E-state index in [9.17, 15) is 18.0 Å². The second-order valence-corrected chi connectivity index (χ2v) is 6.04. The van der Waals surface area contributed by atoms with E-state index in [1.165, 1.54) is 0 Å². The molecule has 7 heteroatoms. The lowest BCUT2D eigenvalue weighted by Crippen LogP contribution is -2.26. The van der Waals surface area contributed by atoms with E-state index in [-0.39, 0.29) is 5.91 Å². The third-order valence-electron chi connectivity index (χ3n) is 3.57. The molecule has 0 aliphatic heterocycles. The third kappa shape index (κ3) is 4.68. The van der Waals surface area contributed by atoms with Gasteiger partial charge in [-0.05, 0) is 30.2 Å². The van der Waals surface area contributed by atoms with E-state index < -0.39 is 11.7 Å². The Bertz CT molecular complexity index is 732. The summed E-state index contributed by atoms with van der Waals surface area (Å²) in [5, 5.41) is 2.78. The maximum absolute atomic E-state index is 12.7. The molecule has 1 amide bonds. The molecule has 1 aromatic carbocycles. The molecular weight excluding hydrogens is 432 g/mol. The molecular formula is C17H16F3IN2O. The van der Waals surface area contributed by atoms with Crippen LogP contribution in [0.15, 0.2) is 36.5 Å². The van der Waals surface area contributed by atoms with Gasteiger partial charge >= 0.3 is 6.18 Å². The molecule has 0 unspecified atom stereocenters. The van der Waals surface area contributed by atoms with Crippen LogP contribution in [0, 0.1) is 6.92 Å². The summed E-state index contributed by atoms with van der Waals surface area (Å²) in [5.74, 6) is -0.198. The molecule has 0 aliphatic carbocycles. The molecule has 0 saturated carbocycles. The number of pyridine rings is 1. The van der Waals surface area contributed by atoms with Crippen molar-refractivity contribution in [2.75, 3.05) is 6.54 Å². The summed E-state index contributed by atoms with van der Waals surface area (Å²) >= 11 is 2.01. The first-order chi connectivity index (χ1) is 11.3. The molecule has 0 bridgehead atoms. The minimum Gasteiger partial charge on any atom is -0.352 e. The molecule has 1 heterocycles. The van der Waals surface area contributed by atoms with Gasteiger partial charge in [0, 0.05) is 34.8 Å². The van der Waals surface area contributed by atoms with Gasteiger partial charge < -0.3 is 5.32 Å². The molecule has 0 atom stereocenters. The molecule has 1 aromatic heterocycles. The first-order valence-corrected chi connectivity index (χ1v) is 8.80. The molecule has 3 nitrogen and oxygen atoms in total. The zero-order chi connectivity index (χ0) is 17.7. The molecule has 1 N–H and O–H groups in total. The van der Waals surface area contributed by atoms with Gasteiger partial charge in [0.25, 0.3) is 5.91 Å². The number of halogens is 4. The Morgan fingerprint density at radius 1 is 1.29 bits per heavy atom. The zero-order valence-electron chi connectivity index (χ0n) is 13.0. The van der Waals surface area contributed by atoms with E-state index in [1.54, 1.807) is 12.1 Å². The van der Waals surface area contributed by atoms with Gasteiger partial charge in [-0.15, -0.1) is 0 Å². The standard InChI is InChI=1S/C17H16F3IN2O/c1-11-4-2-3-5-14(11)16(24)22-7-6-15-12(9-21)8-13(10-23-15)17(18,19)20/h2-5,8,10H,6-7,9H2,1H3,(H,22,24). The molecule has 128 valence electrons. The Labute approximate surface area is 151 Å². The van der Waals surface area contributed by atoms with Gasteiger partial charge in [-0.25, -0.2) is 0 Å². The average Bonchev–Trinajstić information content (AvgIpc) is 2.54. The Morgan fingerprint density at radius 3 is 2.62 bits per heavy atom. The lowest BCUT2D eigenvalue weighted by molar-refractivity contribution is -0.137. The molecule has 0 aliphatic rings. The molecule has 2 rings (SSSR count). The van der Waals surface area contributed by atoms with Crippen molar-refractivity contribution < 1.29 is 18.0 Å². The van der Waals surface area contributed by atoms with Crippen molar-refractivity contribution in [3.63, 3.8) is 0 Å². The maximum atomic E-state index is 12.7. The van der Waals surface area contributed by atoms with Crippen LogP contribution < -0.4 is 5.32 Å². The van der Waals surface area contributed by atoms with Crippen LogP contribution in [-0.4, -0.2) is 17.4 Å². The molecule has 24 heavy (non-hydrogen) atoms. The number of aryl methyl sites for hydroxylation is 1. The summed E-state index contributed by atoms with van der Waals surface area (Å²) in [5.41, 5.74) is 1.82. The van der Waals surface area contributed by atoms with E-state index >= 15 is 0 Å². The normalized spacial score (nSPS) is 11.4. The van der Waals surface area contributed by atoms with Crippen molar-refractivity contribution in [1.29, 1.82) is 0 Å². The Kier molecular flexibility index (Phi) is 6.20. The highest BCUT2D eigenvalue weighted by atomic mass is 127. The maximum Gasteiger partial charge on any atom is 0.417 e. The molecule has 0 saturated heterocycles. The van der Waals surface area contributed by atoms with Gasteiger partial charge in [-0.1, -0.05) is 40.8 Å². The van der Waals surface area contributed by atoms with Crippen molar-refractivity contribution in [2.45, 2.75) is 23.9 Å². The summed E-state index contributed by atoms with van der Waals surface area (Å²) in [6, 6.07) is 8.34. The van der Waals surface area contributed by atoms with E-state index in [2.05, 4.69) is 10.3 Å². The fraction of sp³-hybridized carbons (Fsp3) is 0.294. The van der Waals surface area contributed by atoms with Crippen molar-refractivity contribution in [2.24, 2.45) is 0 Å². The minimum absolute atomic E-state index is 0.198. The first-order valence-electron chi connectivity index (χ1n) is 7.27. The zero-order valence-corrected chi connectivity index (χ0v) is 15.1. The molecule has 0 fully saturated rings. The first kappa shape index (κ1) is 18.7. The fourth-order valence-electron chi connectivity index (χ4n) is 2.25. The van der Waals surface area contributed by atoms with Crippen LogP contribution in [0.2, 0.25) is 0 Å². The largest absolute Gasteiger partial charge is 0.417 e. The predicted octanol–water partition coefficient (Wildman–Crippen LogP) is 4.32. The number of hydrogen-bond acceptors (Lipinski definition) is 2. The number of nitrogens with one attached hydrogen (secondary N) is 1. The number of hydrogen-bond donors (Lipinski definition) is 1. The van der Waals surface area contributed by atoms with Crippen LogP contribution in [0.4, 0.5) is 13.2 Å². The topological polar surface area (TPSA) is 42.0 Å². The van der Waals surface area contributed by atoms with Crippen LogP contribution in [-0.2, 0) is 17.0 Å². The quantitative estimate of drug-likeness (QED) is 0.547. The van der Waals surface area contributed by atoms with Gasteiger partial charge in [0.15, 0.2) is 0 Å². The molecule has 2 aromatic rings. The van der Waals surface area contributed by atoms with Crippen LogP contribution in [0.3, 0.4) is 0 Å². The number of rotatable bonds is 5. The van der Waals surface area contributed by atoms with E-state index in [4.69, 9.17) is 0 Å². The summed E-state index contributed by atoms with van der Waals surface area (Å²) in [4.78, 5) is 16.0. The lowest BCUT2D eigenvalue weighted by atomic mass is 10.1. The van der Waals surface area contributed by atoms with E-state index in [1.807, 2.05) is 41.6 Å². The van der Waals surface area contributed by atoms with Gasteiger partial charge in [0.1, 0.15) is 0 Å². The van der Waals surface area contributed by atoms with Crippen LogP contribution >= 0.6 is 22.6 Å². The van der Waals surface area contributed by atoms with Crippen molar-refractivity contribution in [3.8, 4) is 0 Å². The molecule has 0 radical (unpaired) electrons. The Hall–Kier alpha value is -1.64. The highest BCUT2D eigenvalue weighted by Gasteiger charge is 2.31. The van der Waals surface area contributed by atoms with Crippen molar-refractivity contribution >= 4 is 28.5 Å². The fourth-order valence-corrected chi connectivity index (χ4v) is 2.91. The number of alkyl halides is 4. The van der Waals surface area contributed by atoms with Crippen molar-refractivity contribution in [1.82, 2.24) is 10.3 Å². The van der Waals surface area contributed by atoms with E-state index in [0.29, 0.717) is 34.2 Å². The highest BCUT2D eigenvalue weighted by Crippen LogP contribution is 2.30. The Balaban J connectivity index is 2.02. The second kappa shape index (κ2) is 7.96. The van der Waals surface area contributed by atoms with Crippen molar-refractivity contribution in [3.05, 3.63) is 64.5 Å². The number of benzene rings is 1. The number of amides is 1. The number of carbonyl (C=O) groups is 1. The van der Waals surface area contributed by atoms with Gasteiger partial charge in [0.05, 0.1) is 5.56 Å². The Morgan fingerprint density at radius 2 is 2.00 bits per heavy atom. The second-order valence-electron chi connectivity index (χ2n) is 5.28. The van der Waals surface area contributed by atoms with Gasteiger partial charge in [-0.3, -0.25) is 9.78 Å². The SMILES string of the molecule is Cc1ccccc1C(=O)NCCc1ncc(C(F)(F)F)cc1CI. The van der Waals surface area contributed by atoms with Crippen LogP contribution in [0.25, 0.3) is 0 Å². The number of aromatic nitrogens is 1. The number of nitrogens with zero attached hydrogens (tertiary/aromatic N) is 1. The van der Waals surface area contributed by atoms with Crippen LogP contribution in [0.1, 0.15) is 32.7 Å². The third-order valence-corrected chi connectivity index (χ3v) is 4.39. The van der Waals surface area contributed by atoms with Gasteiger partial charge in [0.2, 0.25) is 0 Å². The lowest BCUT2D eigenvalue weighted by Gasteiger charge is -2.12. The summed E-state index contributed by atoms with van der Waals surface area (Å²) < 4.78 is 38.6. The number of carbonyl (C=O) groups excluding carboxylic acids is 1. The van der Waals surface area contributed by atoms with Crippen LogP contribution in [0.5, 0.6) is 0 Å². The summed E-state index contributed by atoms with van der Waals surface area (Å²) in [6.45, 7) is 2.16. The minimum atomic E-state index is -4.40. The smallest absolute Gasteiger partial charge is 0.352 e. The average molecular weight is 448 g/mol. The molecule has 0 spiro atoms. The summed E-state index contributed by atoms with van der Waals surface area (Å²) in [6.07, 6.45) is -3.17.